The molecule has 0 spiro atoms. The number of rotatable bonds is 4. The first-order chi connectivity index (χ1) is 9.87. The van der Waals surface area contributed by atoms with Gasteiger partial charge in [0, 0.05) is 0 Å². The molecule has 3 N–H and O–H groups in total. The van der Waals surface area contributed by atoms with E-state index >= 15 is 0 Å². The molecule has 10 heteroatoms. The van der Waals surface area contributed by atoms with Gasteiger partial charge in [-0.05, 0) is 17.7 Å². The predicted octanol–water partition coefficient (Wildman–Crippen LogP) is 0.828. The van der Waals surface area contributed by atoms with E-state index in [0.29, 0.717) is 5.56 Å². The van der Waals surface area contributed by atoms with Crippen LogP contribution in [0.4, 0.5) is 13.2 Å². The second-order valence-electron chi connectivity index (χ2n) is 3.97. The van der Waals surface area contributed by atoms with Gasteiger partial charge in [-0.15, -0.1) is 18.3 Å². The summed E-state index contributed by atoms with van der Waals surface area (Å²) in [6.45, 7) is 0.125. The van der Waals surface area contributed by atoms with Gasteiger partial charge in [0.1, 0.15) is 5.75 Å². The van der Waals surface area contributed by atoms with Gasteiger partial charge in [0.05, 0.1) is 12.7 Å². The van der Waals surface area contributed by atoms with Crippen LogP contribution in [0, 0.1) is 0 Å². The van der Waals surface area contributed by atoms with Crippen LogP contribution in [-0.4, -0.2) is 27.3 Å². The Balaban J connectivity index is 2.11. The van der Waals surface area contributed by atoms with E-state index in [-0.39, 0.29) is 18.0 Å². The highest BCUT2D eigenvalue weighted by Gasteiger charge is 2.31. The number of ether oxygens (including phenoxy) is 1. The number of nitrogen functional groups attached to an aromatic ring is 1. The van der Waals surface area contributed by atoms with Gasteiger partial charge in [-0.3, -0.25) is 10.2 Å². The molecule has 7 nitrogen and oxygen atoms in total. The number of alkyl halides is 3. The van der Waals surface area contributed by atoms with E-state index in [0.717, 1.165) is 0 Å². The second-order valence-corrected chi connectivity index (χ2v) is 3.97. The van der Waals surface area contributed by atoms with Crippen molar-refractivity contribution in [3.63, 3.8) is 0 Å². The van der Waals surface area contributed by atoms with E-state index in [2.05, 4.69) is 15.0 Å². The van der Waals surface area contributed by atoms with E-state index in [4.69, 9.17) is 5.84 Å². The molecule has 0 aliphatic rings. The van der Waals surface area contributed by atoms with Gasteiger partial charge in [-0.2, -0.15) is 0 Å². The molecule has 1 heterocycles. The van der Waals surface area contributed by atoms with E-state index < -0.39 is 12.3 Å². The first kappa shape index (κ1) is 14.8. The summed E-state index contributed by atoms with van der Waals surface area (Å²) in [7, 11) is 0. The number of carbonyl (C=O) groups is 1. The van der Waals surface area contributed by atoms with Crippen molar-refractivity contribution in [1.29, 1.82) is 0 Å². The number of amides is 1. The van der Waals surface area contributed by atoms with Crippen LogP contribution in [0.25, 0.3) is 0 Å². The molecule has 0 bridgehead atoms. The quantitative estimate of drug-likeness (QED) is 0.495. The molecule has 2 aromatic rings. The molecular weight excluding hydrogens is 291 g/mol. The van der Waals surface area contributed by atoms with Crippen LogP contribution in [0.3, 0.4) is 0 Å². The maximum Gasteiger partial charge on any atom is 0.573 e. The van der Waals surface area contributed by atoms with Crippen molar-refractivity contribution in [3.05, 3.63) is 41.7 Å². The Morgan fingerprint density at radius 3 is 2.86 bits per heavy atom. The minimum Gasteiger partial charge on any atom is -0.406 e. The molecule has 1 amide bonds. The molecule has 0 saturated heterocycles. The summed E-state index contributed by atoms with van der Waals surface area (Å²) in [5.74, 6) is 4.00. The minimum atomic E-state index is -4.75. The Labute approximate surface area is 116 Å². The zero-order valence-electron chi connectivity index (χ0n) is 10.5. The van der Waals surface area contributed by atoms with Crippen LogP contribution in [-0.2, 0) is 6.54 Å². The van der Waals surface area contributed by atoms with Gasteiger partial charge in [-0.25, -0.2) is 10.5 Å². The number of nitrogens with zero attached hydrogens (tertiary/aromatic N) is 3. The summed E-state index contributed by atoms with van der Waals surface area (Å²) in [6, 6.07) is 5.41. The number of benzene rings is 1. The molecule has 2 rings (SSSR count). The fourth-order valence-electron chi connectivity index (χ4n) is 1.58. The number of aromatic nitrogens is 3. The van der Waals surface area contributed by atoms with Crippen molar-refractivity contribution in [2.45, 2.75) is 12.9 Å². The van der Waals surface area contributed by atoms with Gasteiger partial charge in [0.15, 0.2) is 5.69 Å². The van der Waals surface area contributed by atoms with Crippen molar-refractivity contribution >= 4 is 5.91 Å². The zero-order valence-corrected chi connectivity index (χ0v) is 10.5. The Hall–Kier alpha value is -2.62. The lowest BCUT2D eigenvalue weighted by atomic mass is 10.2. The molecule has 0 atom stereocenters. The number of halogens is 3. The van der Waals surface area contributed by atoms with Crippen molar-refractivity contribution in [1.82, 2.24) is 20.4 Å². The summed E-state index contributed by atoms with van der Waals surface area (Å²) >= 11 is 0. The maximum absolute atomic E-state index is 12.1. The average molecular weight is 301 g/mol. The summed E-state index contributed by atoms with van der Waals surface area (Å²) in [6.07, 6.45) is -3.43. The number of carbonyl (C=O) groups excluding carboxylic acids is 1. The van der Waals surface area contributed by atoms with Crippen molar-refractivity contribution in [2.24, 2.45) is 5.84 Å². The summed E-state index contributed by atoms with van der Waals surface area (Å²) in [5, 5.41) is 7.25. The Morgan fingerprint density at radius 2 is 2.19 bits per heavy atom. The highest BCUT2D eigenvalue weighted by molar-refractivity contribution is 5.91. The summed E-state index contributed by atoms with van der Waals surface area (Å²) < 4.78 is 41.5. The zero-order chi connectivity index (χ0) is 15.5. The number of nitrogens with one attached hydrogen (secondary N) is 1. The standard InChI is InChI=1S/C11H10F3N5O2/c12-11(13,14)21-8-3-1-2-7(4-8)5-19-6-9(17-18-19)10(20)16-15/h1-4,6H,5,15H2,(H,16,20). The summed E-state index contributed by atoms with van der Waals surface area (Å²) in [4.78, 5) is 11.2. The molecule has 112 valence electrons. The van der Waals surface area contributed by atoms with E-state index in [1.165, 1.54) is 29.1 Å². The number of hydrogen-bond donors (Lipinski definition) is 2. The van der Waals surface area contributed by atoms with Gasteiger partial charge >= 0.3 is 6.36 Å². The monoisotopic (exact) mass is 301 g/mol. The molecule has 1 aromatic carbocycles. The van der Waals surface area contributed by atoms with E-state index in [1.54, 1.807) is 6.07 Å². The maximum atomic E-state index is 12.1. The normalized spacial score (nSPS) is 11.2. The molecule has 0 unspecified atom stereocenters. The lowest BCUT2D eigenvalue weighted by Crippen LogP contribution is -2.30. The average Bonchev–Trinajstić information content (AvgIpc) is 2.84. The lowest BCUT2D eigenvalue weighted by Gasteiger charge is -2.09. The van der Waals surface area contributed by atoms with Gasteiger partial charge < -0.3 is 4.74 Å². The number of hydrogen-bond acceptors (Lipinski definition) is 5. The summed E-state index contributed by atoms with van der Waals surface area (Å²) in [5.41, 5.74) is 2.39. The van der Waals surface area contributed by atoms with E-state index in [1.807, 2.05) is 5.43 Å². The fraction of sp³-hybridized carbons (Fsp3) is 0.182. The SMILES string of the molecule is NNC(=O)c1cn(Cc2cccc(OC(F)(F)F)c2)nn1. The molecular formula is C11H10F3N5O2. The van der Waals surface area contributed by atoms with E-state index in [9.17, 15) is 18.0 Å². The third-order valence-corrected chi connectivity index (χ3v) is 2.38. The van der Waals surface area contributed by atoms with Crippen LogP contribution >= 0.6 is 0 Å². The third-order valence-electron chi connectivity index (χ3n) is 2.38. The first-order valence-corrected chi connectivity index (χ1v) is 5.63. The van der Waals surface area contributed by atoms with Crippen LogP contribution in [0.5, 0.6) is 5.75 Å². The van der Waals surface area contributed by atoms with Crippen molar-refractivity contribution < 1.29 is 22.7 Å². The molecule has 0 saturated carbocycles. The highest BCUT2D eigenvalue weighted by atomic mass is 19.4. The second kappa shape index (κ2) is 5.79. The van der Waals surface area contributed by atoms with Crippen molar-refractivity contribution in [3.8, 4) is 5.75 Å². The van der Waals surface area contributed by atoms with Crippen LogP contribution in [0.1, 0.15) is 16.1 Å². The molecule has 21 heavy (non-hydrogen) atoms. The lowest BCUT2D eigenvalue weighted by molar-refractivity contribution is -0.274. The Morgan fingerprint density at radius 1 is 1.43 bits per heavy atom. The number of nitrogens with two attached hydrogens (primary N) is 1. The molecule has 0 aliphatic carbocycles. The predicted molar refractivity (Wildman–Crippen MR) is 63.9 cm³/mol. The topological polar surface area (TPSA) is 95.1 Å². The van der Waals surface area contributed by atoms with Crippen LogP contribution in [0.15, 0.2) is 30.5 Å². The van der Waals surface area contributed by atoms with Gasteiger partial charge in [-0.1, -0.05) is 17.3 Å². The molecule has 0 fully saturated rings. The highest BCUT2D eigenvalue weighted by Crippen LogP contribution is 2.23. The Bertz CT molecular complexity index is 641. The number of hydrazine groups is 1. The first-order valence-electron chi connectivity index (χ1n) is 5.63. The van der Waals surface area contributed by atoms with Crippen molar-refractivity contribution in [2.75, 3.05) is 0 Å². The largest absolute Gasteiger partial charge is 0.573 e. The minimum absolute atomic E-state index is 0.000182. The van der Waals surface area contributed by atoms with Crippen LogP contribution in [0.2, 0.25) is 0 Å². The third kappa shape index (κ3) is 4.18. The molecule has 0 radical (unpaired) electrons. The fourth-order valence-corrected chi connectivity index (χ4v) is 1.58. The molecule has 0 aliphatic heterocycles. The molecule has 1 aromatic heterocycles. The van der Waals surface area contributed by atoms with Gasteiger partial charge in [0.25, 0.3) is 5.91 Å². The Kier molecular flexibility index (Phi) is 4.08. The smallest absolute Gasteiger partial charge is 0.406 e. The van der Waals surface area contributed by atoms with Crippen LogP contribution < -0.4 is 16.0 Å². The van der Waals surface area contributed by atoms with Gasteiger partial charge in [0.2, 0.25) is 0 Å².